The lowest BCUT2D eigenvalue weighted by atomic mass is 10.0. The van der Waals surface area contributed by atoms with Crippen molar-refractivity contribution >= 4 is 0 Å². The smallest absolute Gasteiger partial charge is 0.0527 e. The topological polar surface area (TPSA) is 20.2 Å². The van der Waals surface area contributed by atoms with E-state index in [1.54, 1.807) is 0 Å². The van der Waals surface area contributed by atoms with E-state index in [0.717, 1.165) is 12.3 Å². The van der Waals surface area contributed by atoms with Crippen LogP contribution in [-0.2, 0) is 0 Å². The van der Waals surface area contributed by atoms with Gasteiger partial charge in [0.25, 0.3) is 0 Å². The summed E-state index contributed by atoms with van der Waals surface area (Å²) in [5.41, 5.74) is 1.52. The molecule has 0 aromatic heterocycles. The minimum Gasteiger partial charge on any atom is -0.395 e. The number of rotatable bonds is 1. The van der Waals surface area contributed by atoms with E-state index in [-0.39, 0.29) is 5.41 Å². The third-order valence-corrected chi connectivity index (χ3v) is 3.01. The van der Waals surface area contributed by atoms with E-state index in [2.05, 4.69) is 6.58 Å². The van der Waals surface area contributed by atoms with Crippen molar-refractivity contribution in [3.63, 3.8) is 0 Å². The van der Waals surface area contributed by atoms with E-state index in [0.29, 0.717) is 6.61 Å². The lowest BCUT2D eigenvalue weighted by molar-refractivity contribution is 0.231. The quantitative estimate of drug-likeness (QED) is 0.523. The summed E-state index contributed by atoms with van der Waals surface area (Å²) in [6, 6.07) is 0. The summed E-state index contributed by atoms with van der Waals surface area (Å²) >= 11 is 0. The Hall–Kier alpha value is -0.300. The molecule has 1 nitrogen and oxygen atoms in total. The zero-order chi connectivity index (χ0) is 6.48. The molecule has 2 unspecified atom stereocenters. The molecule has 2 saturated carbocycles. The van der Waals surface area contributed by atoms with Crippen molar-refractivity contribution in [1.29, 1.82) is 0 Å². The number of aliphatic hydroxyl groups is 1. The van der Waals surface area contributed by atoms with Crippen molar-refractivity contribution in [2.75, 3.05) is 6.61 Å². The van der Waals surface area contributed by atoms with E-state index >= 15 is 0 Å². The third-order valence-electron chi connectivity index (χ3n) is 3.01. The van der Waals surface area contributed by atoms with Gasteiger partial charge in [0.15, 0.2) is 0 Å². The summed E-state index contributed by atoms with van der Waals surface area (Å²) in [6.45, 7) is 4.30. The van der Waals surface area contributed by atoms with Crippen molar-refractivity contribution in [2.24, 2.45) is 11.3 Å². The molecular formula is C8H12O. The molecule has 9 heavy (non-hydrogen) atoms. The molecular weight excluding hydrogens is 112 g/mol. The second-order valence-electron chi connectivity index (χ2n) is 3.36. The highest BCUT2D eigenvalue weighted by Gasteiger charge is 2.58. The minimum absolute atomic E-state index is 0.222. The molecule has 2 rings (SSSR count). The Balaban J connectivity index is 2.23. The molecule has 0 aromatic carbocycles. The maximum absolute atomic E-state index is 8.98. The minimum atomic E-state index is 0.222. The van der Waals surface area contributed by atoms with Gasteiger partial charge in [-0.2, -0.15) is 0 Å². The number of fused-ring (bicyclic) bond motifs is 1. The van der Waals surface area contributed by atoms with Crippen LogP contribution < -0.4 is 0 Å². The lowest BCUT2D eigenvalue weighted by Crippen LogP contribution is -2.06. The molecule has 0 saturated heterocycles. The van der Waals surface area contributed by atoms with E-state index < -0.39 is 0 Å². The Morgan fingerprint density at radius 2 is 2.56 bits per heavy atom. The van der Waals surface area contributed by atoms with E-state index in [1.165, 1.54) is 18.4 Å². The molecule has 0 aromatic rings. The van der Waals surface area contributed by atoms with Crippen LogP contribution in [0.25, 0.3) is 0 Å². The van der Waals surface area contributed by atoms with Crippen LogP contribution in [0, 0.1) is 11.3 Å². The van der Waals surface area contributed by atoms with Crippen molar-refractivity contribution in [3.05, 3.63) is 12.2 Å². The van der Waals surface area contributed by atoms with Crippen LogP contribution in [0.2, 0.25) is 0 Å². The molecule has 0 spiro atoms. The number of aliphatic hydroxyl groups excluding tert-OH is 1. The van der Waals surface area contributed by atoms with Crippen molar-refractivity contribution in [2.45, 2.75) is 19.3 Å². The molecule has 2 aliphatic rings. The molecule has 1 N–H and O–H groups in total. The highest BCUT2D eigenvalue weighted by molar-refractivity contribution is 5.28. The van der Waals surface area contributed by atoms with Gasteiger partial charge in [-0.3, -0.25) is 0 Å². The first kappa shape index (κ1) is 5.48. The standard InChI is InChI=1S/C8H12O/c1-6-2-3-7-4-8(6,7)5-9/h7,9H,1-5H2. The predicted molar refractivity (Wildman–Crippen MR) is 36.0 cm³/mol. The second kappa shape index (κ2) is 1.40. The van der Waals surface area contributed by atoms with Crippen LogP contribution in [-0.4, -0.2) is 11.7 Å². The fourth-order valence-corrected chi connectivity index (χ4v) is 2.09. The molecule has 2 aliphatic carbocycles. The molecule has 0 bridgehead atoms. The maximum Gasteiger partial charge on any atom is 0.0527 e. The summed E-state index contributed by atoms with van der Waals surface area (Å²) in [5, 5.41) is 8.98. The van der Waals surface area contributed by atoms with Gasteiger partial charge in [0.1, 0.15) is 0 Å². The largest absolute Gasteiger partial charge is 0.395 e. The molecule has 2 atom stereocenters. The van der Waals surface area contributed by atoms with Crippen molar-refractivity contribution < 1.29 is 5.11 Å². The highest BCUT2D eigenvalue weighted by Crippen LogP contribution is 2.65. The average Bonchev–Trinajstić information content (AvgIpc) is 2.52. The van der Waals surface area contributed by atoms with E-state index in [4.69, 9.17) is 5.11 Å². The Morgan fingerprint density at radius 1 is 1.78 bits per heavy atom. The van der Waals surface area contributed by atoms with Gasteiger partial charge in [-0.15, -0.1) is 0 Å². The zero-order valence-electron chi connectivity index (χ0n) is 5.56. The molecule has 50 valence electrons. The van der Waals surface area contributed by atoms with Crippen LogP contribution in [0.15, 0.2) is 12.2 Å². The van der Waals surface area contributed by atoms with Crippen LogP contribution >= 0.6 is 0 Å². The zero-order valence-corrected chi connectivity index (χ0v) is 5.56. The van der Waals surface area contributed by atoms with Gasteiger partial charge in [-0.1, -0.05) is 12.2 Å². The van der Waals surface area contributed by atoms with Gasteiger partial charge in [0, 0.05) is 5.41 Å². The molecule has 2 fully saturated rings. The highest BCUT2D eigenvalue weighted by atomic mass is 16.3. The molecule has 0 heterocycles. The van der Waals surface area contributed by atoms with Gasteiger partial charge in [-0.25, -0.2) is 0 Å². The van der Waals surface area contributed by atoms with Gasteiger partial charge < -0.3 is 5.11 Å². The number of hydrogen-bond acceptors (Lipinski definition) is 1. The molecule has 1 heteroatoms. The van der Waals surface area contributed by atoms with Gasteiger partial charge in [0.05, 0.1) is 6.61 Å². The number of hydrogen-bond donors (Lipinski definition) is 1. The fourth-order valence-electron chi connectivity index (χ4n) is 2.09. The normalized spacial score (nSPS) is 47.2. The first-order valence-corrected chi connectivity index (χ1v) is 3.59. The lowest BCUT2D eigenvalue weighted by Gasteiger charge is -2.08. The van der Waals surface area contributed by atoms with Crippen molar-refractivity contribution in [3.8, 4) is 0 Å². The first-order valence-electron chi connectivity index (χ1n) is 3.59. The Morgan fingerprint density at radius 3 is 2.78 bits per heavy atom. The SMILES string of the molecule is C=C1CCC2CC12CO. The summed E-state index contributed by atoms with van der Waals surface area (Å²) < 4.78 is 0. The predicted octanol–water partition coefficient (Wildman–Crippen LogP) is 1.33. The van der Waals surface area contributed by atoms with Gasteiger partial charge in [-0.05, 0) is 25.2 Å². The maximum atomic E-state index is 8.98. The second-order valence-corrected chi connectivity index (χ2v) is 3.36. The van der Waals surface area contributed by atoms with Crippen LogP contribution in [0.1, 0.15) is 19.3 Å². The fraction of sp³-hybridized carbons (Fsp3) is 0.750. The molecule has 0 radical (unpaired) electrons. The third kappa shape index (κ3) is 0.485. The van der Waals surface area contributed by atoms with E-state index in [1.807, 2.05) is 0 Å². The Kier molecular flexibility index (Phi) is 0.854. The monoisotopic (exact) mass is 124 g/mol. The Bertz CT molecular complexity index is 158. The summed E-state index contributed by atoms with van der Waals surface area (Å²) in [7, 11) is 0. The first-order chi connectivity index (χ1) is 4.29. The average molecular weight is 124 g/mol. The van der Waals surface area contributed by atoms with Crippen LogP contribution in [0.4, 0.5) is 0 Å². The molecule has 0 amide bonds. The van der Waals surface area contributed by atoms with Crippen LogP contribution in [0.5, 0.6) is 0 Å². The Labute approximate surface area is 55.4 Å². The summed E-state index contributed by atoms with van der Waals surface area (Å²) in [6.07, 6.45) is 3.65. The van der Waals surface area contributed by atoms with E-state index in [9.17, 15) is 0 Å². The summed E-state index contributed by atoms with van der Waals surface area (Å²) in [5.74, 6) is 0.801. The van der Waals surface area contributed by atoms with Gasteiger partial charge >= 0.3 is 0 Å². The van der Waals surface area contributed by atoms with Crippen molar-refractivity contribution in [1.82, 2.24) is 0 Å². The summed E-state index contributed by atoms with van der Waals surface area (Å²) in [4.78, 5) is 0. The van der Waals surface area contributed by atoms with Crippen LogP contribution in [0.3, 0.4) is 0 Å². The molecule has 0 aliphatic heterocycles. The van der Waals surface area contributed by atoms with Gasteiger partial charge in [0.2, 0.25) is 0 Å².